The van der Waals surface area contributed by atoms with Gasteiger partial charge in [-0.2, -0.15) is 0 Å². The van der Waals surface area contributed by atoms with Gasteiger partial charge in [-0.15, -0.1) is 12.4 Å². The Bertz CT molecular complexity index is 696. The van der Waals surface area contributed by atoms with Gasteiger partial charge in [0, 0.05) is 17.8 Å². The molecule has 1 aliphatic carbocycles. The zero-order chi connectivity index (χ0) is 16.3. The maximum Gasteiger partial charge on any atom is 0.251 e. The van der Waals surface area contributed by atoms with E-state index in [0.717, 1.165) is 18.5 Å². The van der Waals surface area contributed by atoms with Gasteiger partial charge in [-0.25, -0.2) is 0 Å². The number of nitrogens with one attached hydrogen (secondary N) is 1. The fraction of sp³-hybridized carbons (Fsp3) is 0.350. The van der Waals surface area contributed by atoms with Crippen molar-refractivity contribution < 1.29 is 4.79 Å². The number of hydrogen-bond donors (Lipinski definition) is 2. The molecule has 0 saturated heterocycles. The lowest BCUT2D eigenvalue weighted by molar-refractivity contribution is 0.0859. The van der Waals surface area contributed by atoms with Crippen molar-refractivity contribution in [1.82, 2.24) is 5.32 Å². The molecule has 2 aromatic carbocycles. The third-order valence-corrected chi connectivity index (χ3v) is 4.97. The fourth-order valence-electron chi connectivity index (χ4n) is 3.37. The lowest BCUT2D eigenvalue weighted by Gasteiger charge is -2.42. The Labute approximate surface area is 150 Å². The molecule has 0 radical (unpaired) electrons. The summed E-state index contributed by atoms with van der Waals surface area (Å²) in [5, 5.41) is 3.14. The molecule has 0 unspecified atom stereocenters. The third kappa shape index (κ3) is 4.09. The van der Waals surface area contributed by atoms with Gasteiger partial charge >= 0.3 is 0 Å². The molecular formula is C20H25ClN2O. The molecule has 3 nitrogen and oxygen atoms in total. The van der Waals surface area contributed by atoms with Gasteiger partial charge in [0.2, 0.25) is 0 Å². The highest BCUT2D eigenvalue weighted by Crippen LogP contribution is 2.43. The van der Waals surface area contributed by atoms with Gasteiger partial charge in [0.15, 0.2) is 0 Å². The number of anilines is 1. The van der Waals surface area contributed by atoms with Crippen LogP contribution in [0, 0.1) is 12.3 Å². The second-order valence-electron chi connectivity index (χ2n) is 6.77. The second-order valence-corrected chi connectivity index (χ2v) is 6.77. The summed E-state index contributed by atoms with van der Waals surface area (Å²) in [6.45, 7) is 2.67. The van der Waals surface area contributed by atoms with E-state index in [2.05, 4.69) is 29.6 Å². The zero-order valence-electron chi connectivity index (χ0n) is 14.0. The van der Waals surface area contributed by atoms with Crippen molar-refractivity contribution in [3.63, 3.8) is 0 Å². The quantitative estimate of drug-likeness (QED) is 0.801. The highest BCUT2D eigenvalue weighted by atomic mass is 35.5. The van der Waals surface area contributed by atoms with Crippen LogP contribution in [0.15, 0.2) is 48.5 Å². The molecule has 128 valence electrons. The standard InChI is InChI=1S/C20H24N2O.ClH/c1-15-8-9-17(21)12-18(15)19(23)22-14-20(10-5-11-20)13-16-6-3-2-4-7-16;/h2-4,6-9,12H,5,10-11,13-14,21H2,1H3,(H,22,23);1H. The summed E-state index contributed by atoms with van der Waals surface area (Å²) in [5.41, 5.74) is 9.64. The summed E-state index contributed by atoms with van der Waals surface area (Å²) in [5.74, 6) is -0.0193. The van der Waals surface area contributed by atoms with Crippen molar-refractivity contribution in [2.24, 2.45) is 5.41 Å². The van der Waals surface area contributed by atoms with Crippen molar-refractivity contribution in [3.8, 4) is 0 Å². The lowest BCUT2D eigenvalue weighted by Crippen LogP contribution is -2.43. The number of nitrogen functional groups attached to an aromatic ring is 1. The highest BCUT2D eigenvalue weighted by molar-refractivity contribution is 5.96. The molecule has 0 atom stereocenters. The maximum atomic E-state index is 12.5. The van der Waals surface area contributed by atoms with E-state index in [4.69, 9.17) is 5.73 Å². The number of nitrogens with two attached hydrogens (primary N) is 1. The number of halogens is 1. The Morgan fingerprint density at radius 3 is 2.50 bits per heavy atom. The van der Waals surface area contributed by atoms with Crippen LogP contribution in [0.5, 0.6) is 0 Å². The van der Waals surface area contributed by atoms with Crippen LogP contribution in [0.1, 0.15) is 40.7 Å². The van der Waals surface area contributed by atoms with Gasteiger partial charge < -0.3 is 11.1 Å². The average Bonchev–Trinajstić information content (AvgIpc) is 2.53. The molecule has 0 heterocycles. The van der Waals surface area contributed by atoms with Crippen LogP contribution in [-0.2, 0) is 6.42 Å². The molecule has 1 amide bonds. The van der Waals surface area contributed by atoms with Crippen molar-refractivity contribution in [3.05, 3.63) is 65.2 Å². The molecule has 4 heteroatoms. The Hall–Kier alpha value is -2.00. The highest BCUT2D eigenvalue weighted by Gasteiger charge is 2.37. The van der Waals surface area contributed by atoms with E-state index in [1.165, 1.54) is 24.8 Å². The molecule has 0 aliphatic heterocycles. The van der Waals surface area contributed by atoms with Gasteiger partial charge in [-0.1, -0.05) is 42.8 Å². The van der Waals surface area contributed by atoms with E-state index < -0.39 is 0 Å². The van der Waals surface area contributed by atoms with Gasteiger partial charge in [0.05, 0.1) is 0 Å². The number of aryl methyl sites for hydroxylation is 1. The van der Waals surface area contributed by atoms with Crippen molar-refractivity contribution in [1.29, 1.82) is 0 Å². The summed E-state index contributed by atoms with van der Waals surface area (Å²) in [4.78, 5) is 12.5. The monoisotopic (exact) mass is 344 g/mol. The number of hydrogen-bond acceptors (Lipinski definition) is 2. The van der Waals surface area contributed by atoms with Crippen LogP contribution in [0.2, 0.25) is 0 Å². The minimum atomic E-state index is -0.0193. The first kappa shape index (κ1) is 18.3. The van der Waals surface area contributed by atoms with Crippen molar-refractivity contribution >= 4 is 24.0 Å². The number of carbonyl (C=O) groups excluding carboxylic acids is 1. The molecule has 1 aliphatic rings. The first-order valence-electron chi connectivity index (χ1n) is 8.26. The molecule has 3 N–H and O–H groups in total. The number of carbonyl (C=O) groups is 1. The first-order valence-corrected chi connectivity index (χ1v) is 8.26. The Kier molecular flexibility index (Phi) is 5.89. The summed E-state index contributed by atoms with van der Waals surface area (Å²) in [7, 11) is 0. The van der Waals surface area contributed by atoms with Crippen LogP contribution < -0.4 is 11.1 Å². The van der Waals surface area contributed by atoms with Crippen LogP contribution >= 0.6 is 12.4 Å². The number of benzene rings is 2. The van der Waals surface area contributed by atoms with Crippen LogP contribution in [0.4, 0.5) is 5.69 Å². The van der Waals surface area contributed by atoms with E-state index in [1.807, 2.05) is 25.1 Å². The predicted octanol–water partition coefficient (Wildman–Crippen LogP) is 4.14. The third-order valence-electron chi connectivity index (χ3n) is 4.97. The molecule has 2 aromatic rings. The van der Waals surface area contributed by atoms with E-state index >= 15 is 0 Å². The van der Waals surface area contributed by atoms with Crippen LogP contribution in [0.25, 0.3) is 0 Å². The molecule has 3 rings (SSSR count). The minimum absolute atomic E-state index is 0. The van der Waals surface area contributed by atoms with Crippen LogP contribution in [-0.4, -0.2) is 12.5 Å². The normalized spacial score (nSPS) is 15.0. The van der Waals surface area contributed by atoms with Crippen LogP contribution in [0.3, 0.4) is 0 Å². The molecule has 1 saturated carbocycles. The Morgan fingerprint density at radius 2 is 1.88 bits per heavy atom. The van der Waals surface area contributed by atoms with E-state index in [1.54, 1.807) is 6.07 Å². The van der Waals surface area contributed by atoms with Gasteiger partial charge in [-0.05, 0) is 54.9 Å². The van der Waals surface area contributed by atoms with E-state index in [0.29, 0.717) is 11.3 Å². The number of rotatable bonds is 5. The zero-order valence-corrected chi connectivity index (χ0v) is 14.9. The summed E-state index contributed by atoms with van der Waals surface area (Å²) in [6, 6.07) is 16.0. The Balaban J connectivity index is 0.00000208. The van der Waals surface area contributed by atoms with E-state index in [-0.39, 0.29) is 23.7 Å². The van der Waals surface area contributed by atoms with Gasteiger partial charge in [-0.3, -0.25) is 4.79 Å². The SMILES string of the molecule is Cc1ccc(N)cc1C(=O)NCC1(Cc2ccccc2)CCC1.Cl. The van der Waals surface area contributed by atoms with E-state index in [9.17, 15) is 4.79 Å². The topological polar surface area (TPSA) is 55.1 Å². The second kappa shape index (κ2) is 7.71. The van der Waals surface area contributed by atoms with Gasteiger partial charge in [0.25, 0.3) is 5.91 Å². The molecular weight excluding hydrogens is 320 g/mol. The minimum Gasteiger partial charge on any atom is -0.399 e. The molecule has 0 bridgehead atoms. The van der Waals surface area contributed by atoms with Crippen molar-refractivity contribution in [2.45, 2.75) is 32.6 Å². The summed E-state index contributed by atoms with van der Waals surface area (Å²) < 4.78 is 0. The average molecular weight is 345 g/mol. The van der Waals surface area contributed by atoms with Gasteiger partial charge in [0.1, 0.15) is 0 Å². The predicted molar refractivity (Wildman–Crippen MR) is 102 cm³/mol. The smallest absolute Gasteiger partial charge is 0.251 e. The maximum absolute atomic E-state index is 12.5. The lowest BCUT2D eigenvalue weighted by atomic mass is 9.65. The summed E-state index contributed by atoms with van der Waals surface area (Å²) in [6.07, 6.45) is 4.64. The Morgan fingerprint density at radius 1 is 1.17 bits per heavy atom. The molecule has 0 aromatic heterocycles. The largest absolute Gasteiger partial charge is 0.399 e. The molecule has 24 heavy (non-hydrogen) atoms. The fourth-order valence-corrected chi connectivity index (χ4v) is 3.37. The summed E-state index contributed by atoms with van der Waals surface area (Å²) >= 11 is 0. The van der Waals surface area contributed by atoms with Crippen molar-refractivity contribution in [2.75, 3.05) is 12.3 Å². The first-order chi connectivity index (χ1) is 11.1. The molecule has 1 fully saturated rings. The number of amides is 1. The molecule has 0 spiro atoms.